The highest BCUT2D eigenvalue weighted by Crippen LogP contribution is 2.15. The number of benzene rings is 1. The van der Waals surface area contributed by atoms with E-state index in [-0.39, 0.29) is 11.8 Å². The number of nitrogens with zero attached hydrogens (tertiary/aromatic N) is 1. The molecule has 0 saturated carbocycles. The first-order valence-electron chi connectivity index (χ1n) is 5.66. The molecule has 0 spiro atoms. The Morgan fingerprint density at radius 1 is 1.38 bits per heavy atom. The standard InChI is InChI=1S/C13H20N2O/c1-4-10(2)12(14)13(16)15(3)11-8-6-5-7-9-11/h5-10,12H,4,14H2,1-3H3/t10-,12+/m1/s1. The van der Waals surface area contributed by atoms with Crippen molar-refractivity contribution in [3.05, 3.63) is 30.3 Å². The molecule has 0 heterocycles. The third-order valence-corrected chi connectivity index (χ3v) is 3.02. The lowest BCUT2D eigenvalue weighted by molar-refractivity contribution is -0.120. The molecule has 0 saturated heterocycles. The Morgan fingerprint density at radius 2 is 1.94 bits per heavy atom. The quantitative estimate of drug-likeness (QED) is 0.843. The van der Waals surface area contributed by atoms with Crippen molar-refractivity contribution in [3.63, 3.8) is 0 Å². The minimum Gasteiger partial charge on any atom is -0.320 e. The molecule has 0 aliphatic heterocycles. The average molecular weight is 220 g/mol. The lowest BCUT2D eigenvalue weighted by Crippen LogP contribution is -2.45. The second-order valence-electron chi connectivity index (χ2n) is 4.14. The summed E-state index contributed by atoms with van der Waals surface area (Å²) in [5, 5.41) is 0. The van der Waals surface area contributed by atoms with Crippen LogP contribution in [0.15, 0.2) is 30.3 Å². The Bertz CT molecular complexity index is 337. The molecular formula is C13H20N2O. The molecule has 3 nitrogen and oxygen atoms in total. The summed E-state index contributed by atoms with van der Waals surface area (Å²) in [4.78, 5) is 13.7. The van der Waals surface area contributed by atoms with Gasteiger partial charge in [0.25, 0.3) is 0 Å². The third kappa shape index (κ3) is 2.83. The van der Waals surface area contributed by atoms with Gasteiger partial charge in [-0.15, -0.1) is 0 Å². The highest BCUT2D eigenvalue weighted by atomic mass is 16.2. The number of rotatable bonds is 4. The maximum absolute atomic E-state index is 12.0. The number of amides is 1. The molecule has 88 valence electrons. The molecule has 1 aromatic carbocycles. The van der Waals surface area contributed by atoms with Gasteiger partial charge in [-0.25, -0.2) is 0 Å². The summed E-state index contributed by atoms with van der Waals surface area (Å²) >= 11 is 0. The van der Waals surface area contributed by atoms with Gasteiger partial charge in [-0.05, 0) is 18.1 Å². The molecule has 0 aliphatic rings. The molecule has 0 bridgehead atoms. The average Bonchev–Trinajstić information content (AvgIpc) is 2.36. The molecule has 0 fully saturated rings. The van der Waals surface area contributed by atoms with Crippen LogP contribution in [0.2, 0.25) is 0 Å². The van der Waals surface area contributed by atoms with Gasteiger partial charge < -0.3 is 10.6 Å². The topological polar surface area (TPSA) is 46.3 Å². The molecule has 2 atom stereocenters. The molecule has 1 aromatic rings. The summed E-state index contributed by atoms with van der Waals surface area (Å²) in [6.45, 7) is 4.04. The molecule has 0 unspecified atom stereocenters. The molecule has 2 N–H and O–H groups in total. The van der Waals surface area contributed by atoms with Crippen LogP contribution in [0.4, 0.5) is 5.69 Å². The summed E-state index contributed by atoms with van der Waals surface area (Å²) in [5.74, 6) is 0.180. The van der Waals surface area contributed by atoms with E-state index in [9.17, 15) is 4.79 Å². The fourth-order valence-electron chi connectivity index (χ4n) is 1.50. The van der Waals surface area contributed by atoms with Crippen molar-refractivity contribution in [2.45, 2.75) is 26.3 Å². The maximum atomic E-state index is 12.0. The lowest BCUT2D eigenvalue weighted by Gasteiger charge is -2.24. The van der Waals surface area contributed by atoms with E-state index in [0.29, 0.717) is 0 Å². The number of nitrogens with two attached hydrogens (primary N) is 1. The number of carbonyl (C=O) groups excluding carboxylic acids is 1. The van der Waals surface area contributed by atoms with Crippen LogP contribution in [0.3, 0.4) is 0 Å². The SMILES string of the molecule is CC[C@@H](C)[C@H](N)C(=O)N(C)c1ccccc1. The largest absolute Gasteiger partial charge is 0.320 e. The van der Waals surface area contributed by atoms with Crippen LogP contribution in [-0.2, 0) is 4.79 Å². The lowest BCUT2D eigenvalue weighted by atomic mass is 9.99. The highest BCUT2D eigenvalue weighted by Gasteiger charge is 2.23. The fraction of sp³-hybridized carbons (Fsp3) is 0.462. The summed E-state index contributed by atoms with van der Waals surface area (Å²) in [6, 6.07) is 9.14. The number of anilines is 1. The highest BCUT2D eigenvalue weighted by molar-refractivity contribution is 5.96. The Morgan fingerprint density at radius 3 is 2.44 bits per heavy atom. The van der Waals surface area contributed by atoms with E-state index in [4.69, 9.17) is 5.73 Å². The zero-order valence-corrected chi connectivity index (χ0v) is 10.2. The van der Waals surface area contributed by atoms with Gasteiger partial charge in [-0.1, -0.05) is 38.5 Å². The monoisotopic (exact) mass is 220 g/mol. The zero-order chi connectivity index (χ0) is 12.1. The molecular weight excluding hydrogens is 200 g/mol. The number of hydrogen-bond acceptors (Lipinski definition) is 2. The number of carbonyl (C=O) groups is 1. The molecule has 1 amide bonds. The Hall–Kier alpha value is -1.35. The first-order valence-corrected chi connectivity index (χ1v) is 5.66. The summed E-state index contributed by atoms with van der Waals surface area (Å²) in [7, 11) is 1.76. The van der Waals surface area contributed by atoms with Crippen LogP contribution in [0, 0.1) is 5.92 Å². The normalized spacial score (nSPS) is 14.2. The van der Waals surface area contributed by atoms with Crippen LogP contribution < -0.4 is 10.6 Å². The van der Waals surface area contributed by atoms with Crippen LogP contribution in [0.1, 0.15) is 20.3 Å². The van der Waals surface area contributed by atoms with E-state index < -0.39 is 6.04 Å². The van der Waals surface area contributed by atoms with Crippen LogP contribution in [0.5, 0.6) is 0 Å². The summed E-state index contributed by atoms with van der Waals surface area (Å²) < 4.78 is 0. The van der Waals surface area contributed by atoms with Gasteiger partial charge in [-0.3, -0.25) is 4.79 Å². The van der Waals surface area contributed by atoms with Crippen molar-refractivity contribution in [2.24, 2.45) is 11.7 Å². The van der Waals surface area contributed by atoms with E-state index in [0.717, 1.165) is 12.1 Å². The molecule has 3 heteroatoms. The Labute approximate surface area is 97.2 Å². The van der Waals surface area contributed by atoms with E-state index in [1.165, 1.54) is 0 Å². The van der Waals surface area contributed by atoms with E-state index >= 15 is 0 Å². The molecule has 0 radical (unpaired) electrons. The number of para-hydroxylation sites is 1. The predicted octanol–water partition coefficient (Wildman–Crippen LogP) is 2.02. The minimum atomic E-state index is -0.421. The van der Waals surface area contributed by atoms with Crippen LogP contribution in [0.25, 0.3) is 0 Å². The summed E-state index contributed by atoms with van der Waals surface area (Å²) in [6.07, 6.45) is 0.912. The van der Waals surface area contributed by atoms with E-state index in [2.05, 4.69) is 0 Å². The predicted molar refractivity (Wildman–Crippen MR) is 67.3 cm³/mol. The minimum absolute atomic E-state index is 0.0273. The van der Waals surface area contributed by atoms with Crippen molar-refractivity contribution in [3.8, 4) is 0 Å². The molecule has 0 aromatic heterocycles. The van der Waals surface area contributed by atoms with Crippen molar-refractivity contribution < 1.29 is 4.79 Å². The second-order valence-corrected chi connectivity index (χ2v) is 4.14. The van der Waals surface area contributed by atoms with Crippen molar-refractivity contribution >= 4 is 11.6 Å². The number of hydrogen-bond donors (Lipinski definition) is 1. The molecule has 1 rings (SSSR count). The van der Waals surface area contributed by atoms with Gasteiger partial charge in [0.15, 0.2) is 0 Å². The van der Waals surface area contributed by atoms with Gasteiger partial charge in [0, 0.05) is 12.7 Å². The molecule has 0 aliphatic carbocycles. The molecule has 16 heavy (non-hydrogen) atoms. The summed E-state index contributed by atoms with van der Waals surface area (Å²) in [5.41, 5.74) is 6.80. The van der Waals surface area contributed by atoms with Crippen LogP contribution >= 0.6 is 0 Å². The number of likely N-dealkylation sites (N-methyl/N-ethyl adjacent to an activating group) is 1. The van der Waals surface area contributed by atoms with E-state index in [1.807, 2.05) is 44.2 Å². The van der Waals surface area contributed by atoms with Gasteiger partial charge in [0.05, 0.1) is 6.04 Å². The van der Waals surface area contributed by atoms with Crippen molar-refractivity contribution in [2.75, 3.05) is 11.9 Å². The van der Waals surface area contributed by atoms with Crippen molar-refractivity contribution in [1.82, 2.24) is 0 Å². The van der Waals surface area contributed by atoms with Crippen LogP contribution in [-0.4, -0.2) is 19.0 Å². The first kappa shape index (κ1) is 12.7. The zero-order valence-electron chi connectivity index (χ0n) is 10.2. The Balaban J connectivity index is 2.75. The van der Waals surface area contributed by atoms with E-state index in [1.54, 1.807) is 11.9 Å². The second kappa shape index (κ2) is 5.66. The fourth-order valence-corrected chi connectivity index (χ4v) is 1.50. The first-order chi connectivity index (χ1) is 7.57. The van der Waals surface area contributed by atoms with Gasteiger partial charge in [-0.2, -0.15) is 0 Å². The van der Waals surface area contributed by atoms with Gasteiger partial charge >= 0.3 is 0 Å². The third-order valence-electron chi connectivity index (χ3n) is 3.02. The Kier molecular flexibility index (Phi) is 4.50. The van der Waals surface area contributed by atoms with Gasteiger partial charge in [0.2, 0.25) is 5.91 Å². The maximum Gasteiger partial charge on any atom is 0.243 e. The van der Waals surface area contributed by atoms with Gasteiger partial charge in [0.1, 0.15) is 0 Å². The van der Waals surface area contributed by atoms with Crippen molar-refractivity contribution in [1.29, 1.82) is 0 Å². The smallest absolute Gasteiger partial charge is 0.243 e.